The van der Waals surface area contributed by atoms with Crippen LogP contribution in [0.25, 0.3) is 0 Å². The Morgan fingerprint density at radius 3 is 1.67 bits per heavy atom. The van der Waals surface area contributed by atoms with Gasteiger partial charge in [0, 0.05) is 0 Å². The van der Waals surface area contributed by atoms with Gasteiger partial charge in [0.15, 0.2) is 0 Å². The van der Waals surface area contributed by atoms with Gasteiger partial charge in [0.25, 0.3) is 0 Å². The van der Waals surface area contributed by atoms with Gasteiger partial charge in [-0.05, 0) is 0 Å². The molecule has 4 unspecified atom stereocenters. The quantitative estimate of drug-likeness (QED) is 0.307. The normalized spacial score (nSPS) is 21.5. The second kappa shape index (κ2) is 5.41. The molecule has 5 N–H and O–H groups in total. The molecular weight excluding hydrogens is 168 g/mol. The second-order valence-corrected chi connectivity index (χ2v) is 2.47. The number of aliphatic hydroxyl groups is 5. The zero-order valence-electron chi connectivity index (χ0n) is 6.37. The molecule has 0 aliphatic rings. The topological polar surface area (TPSA) is 121 Å². The number of hydrogen-bond acceptors (Lipinski definition) is 5. The Kier molecular flexibility index (Phi) is 5.31. The zero-order valence-corrected chi connectivity index (χ0v) is 6.37. The first-order valence-corrected chi connectivity index (χ1v) is 3.45. The highest BCUT2D eigenvalue weighted by Gasteiger charge is 2.29. The van der Waals surface area contributed by atoms with Gasteiger partial charge >= 0.3 is 0 Å². The number of rotatable bonds is 5. The van der Waals surface area contributed by atoms with E-state index in [1.807, 2.05) is 0 Å². The van der Waals surface area contributed by atoms with Gasteiger partial charge in [0.1, 0.15) is 31.0 Å². The van der Waals surface area contributed by atoms with Crippen LogP contribution in [0.1, 0.15) is 0 Å². The van der Waals surface area contributed by atoms with Crippen LogP contribution in [0.5, 0.6) is 0 Å². The molecule has 0 fully saturated rings. The lowest BCUT2D eigenvalue weighted by molar-refractivity contribution is -0.128. The molecule has 4 atom stereocenters. The second-order valence-electron chi connectivity index (χ2n) is 2.47. The van der Waals surface area contributed by atoms with Gasteiger partial charge in [0.05, 0.1) is 6.61 Å². The first kappa shape index (κ1) is 11.8. The van der Waals surface area contributed by atoms with E-state index in [0.717, 1.165) is 0 Å². The van der Waals surface area contributed by atoms with Crippen molar-refractivity contribution in [2.24, 2.45) is 0 Å². The third kappa shape index (κ3) is 3.02. The van der Waals surface area contributed by atoms with E-state index in [-0.39, 0.29) is 0 Å². The largest absolute Gasteiger partial charge is 0.394 e. The Morgan fingerprint density at radius 2 is 1.33 bits per heavy atom. The van der Waals surface area contributed by atoms with Gasteiger partial charge in [-0.2, -0.15) is 0 Å². The molecular formula is C6H13O6. The van der Waals surface area contributed by atoms with Crippen molar-refractivity contribution in [3.05, 3.63) is 0 Å². The van der Waals surface area contributed by atoms with Gasteiger partial charge in [-0.1, -0.05) is 0 Å². The van der Waals surface area contributed by atoms with E-state index in [1.165, 1.54) is 0 Å². The summed E-state index contributed by atoms with van der Waals surface area (Å²) in [7, 11) is 0. The molecule has 73 valence electrons. The van der Waals surface area contributed by atoms with Crippen LogP contribution in [-0.2, 0) is 5.11 Å². The molecule has 0 aromatic carbocycles. The van der Waals surface area contributed by atoms with E-state index in [1.54, 1.807) is 0 Å². The minimum Gasteiger partial charge on any atom is -0.394 e. The first-order valence-electron chi connectivity index (χ1n) is 3.45. The van der Waals surface area contributed by atoms with E-state index >= 15 is 0 Å². The van der Waals surface area contributed by atoms with Crippen molar-refractivity contribution in [2.75, 3.05) is 13.2 Å². The van der Waals surface area contributed by atoms with Gasteiger partial charge < -0.3 is 25.5 Å². The van der Waals surface area contributed by atoms with Gasteiger partial charge in [-0.3, -0.25) is 0 Å². The molecule has 0 spiro atoms. The predicted molar refractivity (Wildman–Crippen MR) is 36.7 cm³/mol. The molecule has 1 radical (unpaired) electrons. The van der Waals surface area contributed by atoms with E-state index in [0.29, 0.717) is 0 Å². The summed E-state index contributed by atoms with van der Waals surface area (Å²) >= 11 is 0. The third-order valence-corrected chi connectivity index (χ3v) is 1.50. The van der Waals surface area contributed by atoms with Crippen LogP contribution < -0.4 is 0 Å². The van der Waals surface area contributed by atoms with Crippen LogP contribution in [0.3, 0.4) is 0 Å². The molecule has 0 aromatic heterocycles. The van der Waals surface area contributed by atoms with E-state index in [2.05, 4.69) is 0 Å². The smallest absolute Gasteiger partial charge is 0.111 e. The van der Waals surface area contributed by atoms with Crippen LogP contribution >= 0.6 is 0 Å². The van der Waals surface area contributed by atoms with Crippen molar-refractivity contribution in [1.29, 1.82) is 0 Å². The minimum atomic E-state index is -1.73. The van der Waals surface area contributed by atoms with Crippen molar-refractivity contribution < 1.29 is 30.6 Å². The number of aliphatic hydroxyl groups excluding tert-OH is 5. The average molecular weight is 181 g/mol. The summed E-state index contributed by atoms with van der Waals surface area (Å²) < 4.78 is 0. The van der Waals surface area contributed by atoms with Gasteiger partial charge in [0.2, 0.25) is 0 Å². The summed E-state index contributed by atoms with van der Waals surface area (Å²) in [5, 5.41) is 53.7. The first-order chi connectivity index (χ1) is 5.54. The van der Waals surface area contributed by atoms with Crippen LogP contribution in [-0.4, -0.2) is 63.2 Å². The zero-order chi connectivity index (χ0) is 9.72. The molecule has 0 aliphatic heterocycles. The molecule has 0 saturated carbocycles. The fourth-order valence-corrected chi connectivity index (χ4v) is 0.662. The molecule has 12 heavy (non-hydrogen) atoms. The van der Waals surface area contributed by atoms with Crippen molar-refractivity contribution in [2.45, 2.75) is 24.4 Å². The van der Waals surface area contributed by atoms with Crippen LogP contribution in [0.4, 0.5) is 0 Å². The maximum Gasteiger partial charge on any atom is 0.111 e. The van der Waals surface area contributed by atoms with Crippen molar-refractivity contribution in [1.82, 2.24) is 0 Å². The van der Waals surface area contributed by atoms with Crippen LogP contribution in [0.2, 0.25) is 0 Å². The van der Waals surface area contributed by atoms with Crippen LogP contribution in [0, 0.1) is 0 Å². The van der Waals surface area contributed by atoms with Crippen LogP contribution in [0.15, 0.2) is 0 Å². The lowest BCUT2D eigenvalue weighted by Crippen LogP contribution is -2.46. The van der Waals surface area contributed by atoms with Crippen molar-refractivity contribution in [3.63, 3.8) is 0 Å². The maximum atomic E-state index is 10.0. The Hall–Kier alpha value is -0.240. The highest BCUT2D eigenvalue weighted by Crippen LogP contribution is 2.04. The predicted octanol–water partition coefficient (Wildman–Crippen LogP) is -3.15. The van der Waals surface area contributed by atoms with E-state index < -0.39 is 37.6 Å². The summed E-state index contributed by atoms with van der Waals surface area (Å²) in [5.74, 6) is 0. The molecule has 0 saturated heterocycles. The highest BCUT2D eigenvalue weighted by molar-refractivity contribution is 4.79. The Labute approximate surface area is 69.3 Å². The maximum absolute atomic E-state index is 10.0. The summed E-state index contributed by atoms with van der Waals surface area (Å²) in [6, 6.07) is 0. The Balaban J connectivity index is 3.99. The fraction of sp³-hybridized carbons (Fsp3) is 1.00. The average Bonchev–Trinajstić information content (AvgIpc) is 2.12. The third-order valence-electron chi connectivity index (χ3n) is 1.50. The highest BCUT2D eigenvalue weighted by atomic mass is 16.4. The van der Waals surface area contributed by atoms with E-state index in [9.17, 15) is 5.11 Å². The molecule has 0 amide bonds. The van der Waals surface area contributed by atoms with Crippen molar-refractivity contribution in [3.8, 4) is 0 Å². The summed E-state index contributed by atoms with van der Waals surface area (Å²) in [6.45, 7) is -1.72. The van der Waals surface area contributed by atoms with E-state index in [4.69, 9.17) is 25.5 Å². The molecule has 0 bridgehead atoms. The molecule has 0 aliphatic carbocycles. The standard InChI is InChI=1S/C6H13O6/c7-1-3(9)5(11)6(12)4(10)2-8/h3-7,9-12H,1-2H2. The monoisotopic (exact) mass is 181 g/mol. The fourth-order valence-electron chi connectivity index (χ4n) is 0.662. The molecule has 6 heteroatoms. The van der Waals surface area contributed by atoms with Gasteiger partial charge in [-0.15, -0.1) is 0 Å². The SMILES string of the molecule is [O]CC(O)C(O)C(O)C(O)CO. The lowest BCUT2D eigenvalue weighted by Gasteiger charge is -2.23. The molecule has 0 aromatic rings. The molecule has 0 rings (SSSR count). The Morgan fingerprint density at radius 1 is 0.917 bits per heavy atom. The van der Waals surface area contributed by atoms with Gasteiger partial charge in [-0.25, -0.2) is 5.11 Å². The summed E-state index contributed by atoms with van der Waals surface area (Å²) in [5.41, 5.74) is 0. The summed E-state index contributed by atoms with van der Waals surface area (Å²) in [6.07, 6.45) is -6.63. The summed E-state index contributed by atoms with van der Waals surface area (Å²) in [4.78, 5) is 0. The van der Waals surface area contributed by atoms with Crippen molar-refractivity contribution >= 4 is 0 Å². The molecule has 6 nitrogen and oxygen atoms in total. The Bertz CT molecular complexity index is 105. The molecule has 0 heterocycles. The lowest BCUT2D eigenvalue weighted by atomic mass is 10.0. The number of hydrogen-bond donors (Lipinski definition) is 5. The minimum absolute atomic E-state index is 0.746.